The first-order valence-electron chi connectivity index (χ1n) is 6.20. The molecule has 4 nitrogen and oxygen atoms in total. The third-order valence-corrected chi connectivity index (χ3v) is 3.72. The highest BCUT2D eigenvalue weighted by atomic mass is 79.9. The third kappa shape index (κ3) is 3.04. The van der Waals surface area contributed by atoms with E-state index >= 15 is 0 Å². The fourth-order valence-electron chi connectivity index (χ4n) is 1.85. The van der Waals surface area contributed by atoms with Gasteiger partial charge in [-0.05, 0) is 35.3 Å². The second-order valence-corrected chi connectivity index (χ2v) is 5.06. The number of nitrogens with zero attached hydrogens (tertiary/aromatic N) is 2. The molecule has 0 aliphatic rings. The smallest absolute Gasteiger partial charge is 0.283 e. The molecule has 19 heavy (non-hydrogen) atoms. The van der Waals surface area contributed by atoms with E-state index in [0.717, 1.165) is 5.56 Å². The number of halogens is 1. The molecular weight excluding hydrogens is 306 g/mol. The fraction of sp³-hybridized carbons (Fsp3) is 0.286. The molecule has 0 radical (unpaired) electrons. The van der Waals surface area contributed by atoms with E-state index in [9.17, 15) is 4.79 Å². The fourth-order valence-corrected chi connectivity index (χ4v) is 2.27. The summed E-state index contributed by atoms with van der Waals surface area (Å²) in [6, 6.07) is 10.2. The molecule has 0 aliphatic carbocycles. The molecule has 1 heterocycles. The van der Waals surface area contributed by atoms with E-state index in [4.69, 9.17) is 0 Å². The van der Waals surface area contributed by atoms with Crippen LogP contribution in [0, 0.1) is 0 Å². The van der Waals surface area contributed by atoms with Gasteiger partial charge in [0.05, 0.1) is 11.9 Å². The Morgan fingerprint density at radius 3 is 2.68 bits per heavy atom. The lowest BCUT2D eigenvalue weighted by Crippen LogP contribution is -2.24. The van der Waals surface area contributed by atoms with Crippen LogP contribution in [-0.4, -0.2) is 9.78 Å². The van der Waals surface area contributed by atoms with Gasteiger partial charge >= 0.3 is 0 Å². The van der Waals surface area contributed by atoms with Gasteiger partial charge in [-0.25, -0.2) is 4.68 Å². The minimum absolute atomic E-state index is 0.108. The van der Waals surface area contributed by atoms with Gasteiger partial charge in [0.2, 0.25) is 0 Å². The first-order chi connectivity index (χ1) is 9.13. The van der Waals surface area contributed by atoms with Crippen LogP contribution in [0.1, 0.15) is 25.5 Å². The molecule has 0 amide bonds. The van der Waals surface area contributed by atoms with Crippen molar-refractivity contribution in [2.75, 3.05) is 5.32 Å². The van der Waals surface area contributed by atoms with Crippen molar-refractivity contribution in [1.29, 1.82) is 0 Å². The molecule has 0 fully saturated rings. The molecule has 100 valence electrons. The van der Waals surface area contributed by atoms with Crippen molar-refractivity contribution in [3.63, 3.8) is 0 Å². The van der Waals surface area contributed by atoms with Gasteiger partial charge in [-0.1, -0.05) is 30.3 Å². The second kappa shape index (κ2) is 6.02. The van der Waals surface area contributed by atoms with Gasteiger partial charge in [-0.2, -0.15) is 5.10 Å². The van der Waals surface area contributed by atoms with Crippen LogP contribution in [-0.2, 0) is 6.54 Å². The first-order valence-corrected chi connectivity index (χ1v) is 7.00. The molecule has 0 spiro atoms. The Morgan fingerprint density at radius 1 is 1.37 bits per heavy atom. The summed E-state index contributed by atoms with van der Waals surface area (Å²) in [6.07, 6.45) is 1.68. The lowest BCUT2D eigenvalue weighted by Gasteiger charge is -2.16. The highest BCUT2D eigenvalue weighted by Gasteiger charge is 2.11. The van der Waals surface area contributed by atoms with E-state index < -0.39 is 0 Å². The molecule has 1 aromatic carbocycles. The van der Waals surface area contributed by atoms with E-state index in [1.807, 2.05) is 44.2 Å². The number of hydrogen-bond acceptors (Lipinski definition) is 3. The van der Waals surface area contributed by atoms with Crippen molar-refractivity contribution < 1.29 is 0 Å². The molecule has 0 bridgehead atoms. The van der Waals surface area contributed by atoms with E-state index in [2.05, 4.69) is 26.3 Å². The monoisotopic (exact) mass is 321 g/mol. The molecule has 1 unspecified atom stereocenters. The number of anilines is 1. The summed E-state index contributed by atoms with van der Waals surface area (Å²) in [7, 11) is 0. The average Bonchev–Trinajstić information content (AvgIpc) is 2.45. The Kier molecular flexibility index (Phi) is 4.37. The molecular formula is C14H16BrN3O. The Hall–Kier alpha value is -1.62. The first kappa shape index (κ1) is 13.8. The Balaban J connectivity index is 2.25. The number of aryl methyl sites for hydroxylation is 1. The van der Waals surface area contributed by atoms with Crippen molar-refractivity contribution in [2.24, 2.45) is 0 Å². The van der Waals surface area contributed by atoms with Gasteiger partial charge in [-0.3, -0.25) is 4.79 Å². The molecule has 0 saturated carbocycles. The van der Waals surface area contributed by atoms with Crippen molar-refractivity contribution in [1.82, 2.24) is 9.78 Å². The average molecular weight is 322 g/mol. The van der Waals surface area contributed by atoms with Gasteiger partial charge in [0.15, 0.2) is 0 Å². The quantitative estimate of drug-likeness (QED) is 0.940. The van der Waals surface area contributed by atoms with Crippen LogP contribution < -0.4 is 10.9 Å². The van der Waals surface area contributed by atoms with Crippen LogP contribution in [0.15, 0.2) is 45.8 Å². The summed E-state index contributed by atoms with van der Waals surface area (Å²) in [5, 5.41) is 7.41. The minimum atomic E-state index is -0.118. The molecule has 1 N–H and O–H groups in total. The Labute approximate surface area is 120 Å². The van der Waals surface area contributed by atoms with Crippen LogP contribution in [0.5, 0.6) is 0 Å². The highest BCUT2D eigenvalue weighted by molar-refractivity contribution is 9.10. The van der Waals surface area contributed by atoms with Gasteiger partial charge in [0.25, 0.3) is 5.56 Å². The van der Waals surface area contributed by atoms with Crippen molar-refractivity contribution in [3.8, 4) is 0 Å². The van der Waals surface area contributed by atoms with E-state index in [1.165, 1.54) is 4.68 Å². The zero-order valence-electron chi connectivity index (χ0n) is 10.9. The maximum Gasteiger partial charge on any atom is 0.283 e. The van der Waals surface area contributed by atoms with Gasteiger partial charge in [0, 0.05) is 12.6 Å². The minimum Gasteiger partial charge on any atom is -0.376 e. The molecule has 5 heteroatoms. The number of benzene rings is 1. The van der Waals surface area contributed by atoms with E-state index in [1.54, 1.807) is 6.20 Å². The standard InChI is InChI=1S/C14H16BrN3O/c1-3-18-14(19)13(15)12(9-16-18)17-10(2)11-7-5-4-6-8-11/h4-10,17H,3H2,1-2H3. The summed E-state index contributed by atoms with van der Waals surface area (Å²) in [6.45, 7) is 4.50. The Bertz CT molecular complexity index is 610. The molecule has 1 aromatic heterocycles. The highest BCUT2D eigenvalue weighted by Crippen LogP contribution is 2.22. The largest absolute Gasteiger partial charge is 0.376 e. The van der Waals surface area contributed by atoms with Gasteiger partial charge in [0.1, 0.15) is 4.47 Å². The van der Waals surface area contributed by atoms with Crippen LogP contribution in [0.4, 0.5) is 5.69 Å². The van der Waals surface area contributed by atoms with Gasteiger partial charge in [-0.15, -0.1) is 0 Å². The molecule has 0 aliphatic heterocycles. The normalized spacial score (nSPS) is 12.2. The molecule has 0 saturated heterocycles. The maximum absolute atomic E-state index is 12.0. The van der Waals surface area contributed by atoms with Crippen molar-refractivity contribution >= 4 is 21.6 Å². The number of nitrogens with one attached hydrogen (secondary N) is 1. The Morgan fingerprint density at radius 2 is 2.05 bits per heavy atom. The predicted octanol–water partition coefficient (Wildman–Crippen LogP) is 3.20. The van der Waals surface area contributed by atoms with Crippen LogP contribution in [0.25, 0.3) is 0 Å². The lowest BCUT2D eigenvalue weighted by atomic mass is 10.1. The van der Waals surface area contributed by atoms with Crippen LogP contribution >= 0.6 is 15.9 Å². The summed E-state index contributed by atoms with van der Waals surface area (Å²) < 4.78 is 1.94. The maximum atomic E-state index is 12.0. The predicted molar refractivity (Wildman–Crippen MR) is 80.4 cm³/mol. The zero-order chi connectivity index (χ0) is 13.8. The van der Waals surface area contributed by atoms with E-state index in [-0.39, 0.29) is 11.6 Å². The topological polar surface area (TPSA) is 46.9 Å². The zero-order valence-corrected chi connectivity index (χ0v) is 12.5. The van der Waals surface area contributed by atoms with E-state index in [0.29, 0.717) is 16.7 Å². The van der Waals surface area contributed by atoms with Crippen LogP contribution in [0.2, 0.25) is 0 Å². The molecule has 2 rings (SSSR count). The summed E-state index contributed by atoms with van der Waals surface area (Å²) in [5.74, 6) is 0. The molecule has 2 aromatic rings. The summed E-state index contributed by atoms with van der Waals surface area (Å²) in [4.78, 5) is 12.0. The van der Waals surface area contributed by atoms with Gasteiger partial charge < -0.3 is 5.32 Å². The number of rotatable bonds is 4. The van der Waals surface area contributed by atoms with Crippen molar-refractivity contribution in [2.45, 2.75) is 26.4 Å². The van der Waals surface area contributed by atoms with Crippen molar-refractivity contribution in [3.05, 3.63) is 56.9 Å². The SMILES string of the molecule is CCn1ncc(NC(C)c2ccccc2)c(Br)c1=O. The lowest BCUT2D eigenvalue weighted by molar-refractivity contribution is 0.612. The van der Waals surface area contributed by atoms with Crippen LogP contribution in [0.3, 0.4) is 0 Å². The molecule has 1 atom stereocenters. The summed E-state index contributed by atoms with van der Waals surface area (Å²) >= 11 is 3.34. The second-order valence-electron chi connectivity index (χ2n) is 4.27. The number of aromatic nitrogens is 2. The number of hydrogen-bond donors (Lipinski definition) is 1. The summed E-state index contributed by atoms with van der Waals surface area (Å²) in [5.41, 5.74) is 1.76. The third-order valence-electron chi connectivity index (χ3n) is 2.96.